The molecule has 0 radical (unpaired) electrons. The molecule has 1 fully saturated rings. The SMILES string of the molecule is Cn1cc(C(N)CN2CCS(=O)(=O)CC2)cn1. The fourth-order valence-electron chi connectivity index (χ4n) is 1.95. The monoisotopic (exact) mass is 258 g/mol. The Kier molecular flexibility index (Phi) is 3.50. The zero-order valence-electron chi connectivity index (χ0n) is 9.91. The number of rotatable bonds is 3. The first-order valence-electron chi connectivity index (χ1n) is 5.63. The zero-order valence-corrected chi connectivity index (χ0v) is 10.7. The van der Waals surface area contributed by atoms with Crippen LogP contribution in [0.15, 0.2) is 12.4 Å². The summed E-state index contributed by atoms with van der Waals surface area (Å²) in [7, 11) is -0.960. The number of aromatic nitrogens is 2. The molecule has 0 aliphatic carbocycles. The molecule has 2 heterocycles. The van der Waals surface area contributed by atoms with E-state index >= 15 is 0 Å². The molecule has 17 heavy (non-hydrogen) atoms. The highest BCUT2D eigenvalue weighted by Gasteiger charge is 2.23. The lowest BCUT2D eigenvalue weighted by Crippen LogP contribution is -2.43. The molecule has 0 amide bonds. The van der Waals surface area contributed by atoms with E-state index in [4.69, 9.17) is 5.73 Å². The number of nitrogens with zero attached hydrogens (tertiary/aromatic N) is 3. The van der Waals surface area contributed by atoms with Crippen molar-refractivity contribution in [3.05, 3.63) is 18.0 Å². The Bertz CT molecular complexity index is 468. The quantitative estimate of drug-likeness (QED) is 0.764. The Labute approximate surface area is 101 Å². The third kappa shape index (κ3) is 3.27. The average molecular weight is 258 g/mol. The third-order valence-electron chi connectivity index (χ3n) is 3.04. The van der Waals surface area contributed by atoms with Gasteiger partial charge in [0, 0.05) is 44.5 Å². The number of nitrogens with two attached hydrogens (primary N) is 1. The molecule has 1 aromatic heterocycles. The van der Waals surface area contributed by atoms with Crippen molar-refractivity contribution in [2.45, 2.75) is 6.04 Å². The molecule has 1 aliphatic rings. The van der Waals surface area contributed by atoms with Crippen LogP contribution in [0.5, 0.6) is 0 Å². The summed E-state index contributed by atoms with van der Waals surface area (Å²) >= 11 is 0. The minimum atomic E-state index is -2.81. The molecular weight excluding hydrogens is 240 g/mol. The van der Waals surface area contributed by atoms with Crippen LogP contribution in [0, 0.1) is 0 Å². The zero-order chi connectivity index (χ0) is 12.5. The molecule has 1 atom stereocenters. The second-order valence-electron chi connectivity index (χ2n) is 4.51. The highest BCUT2D eigenvalue weighted by atomic mass is 32.2. The second-order valence-corrected chi connectivity index (χ2v) is 6.81. The van der Waals surface area contributed by atoms with Crippen molar-refractivity contribution in [2.24, 2.45) is 12.8 Å². The van der Waals surface area contributed by atoms with Crippen LogP contribution >= 0.6 is 0 Å². The van der Waals surface area contributed by atoms with Crippen LogP contribution in [-0.2, 0) is 16.9 Å². The summed E-state index contributed by atoms with van der Waals surface area (Å²) in [5.41, 5.74) is 7.05. The van der Waals surface area contributed by atoms with Crippen molar-refractivity contribution in [2.75, 3.05) is 31.1 Å². The molecule has 2 N–H and O–H groups in total. The molecule has 0 saturated carbocycles. The van der Waals surface area contributed by atoms with Crippen molar-refractivity contribution >= 4 is 9.84 Å². The maximum absolute atomic E-state index is 11.3. The normalized spacial score (nSPS) is 22.5. The molecule has 96 valence electrons. The van der Waals surface area contributed by atoms with Gasteiger partial charge in [0.15, 0.2) is 9.84 Å². The second kappa shape index (κ2) is 4.75. The van der Waals surface area contributed by atoms with Crippen LogP contribution in [0.2, 0.25) is 0 Å². The fraction of sp³-hybridized carbons (Fsp3) is 0.700. The minimum Gasteiger partial charge on any atom is -0.323 e. The summed E-state index contributed by atoms with van der Waals surface area (Å²) < 4.78 is 24.3. The molecular formula is C10H18N4O2S. The van der Waals surface area contributed by atoms with E-state index in [0.717, 1.165) is 5.56 Å². The first-order valence-corrected chi connectivity index (χ1v) is 7.45. The van der Waals surface area contributed by atoms with Gasteiger partial charge in [-0.3, -0.25) is 9.58 Å². The number of aryl methyl sites for hydroxylation is 1. The summed E-state index contributed by atoms with van der Waals surface area (Å²) in [5, 5.41) is 4.08. The molecule has 1 aliphatic heterocycles. The predicted molar refractivity (Wildman–Crippen MR) is 65.2 cm³/mol. The van der Waals surface area contributed by atoms with Crippen LogP contribution in [0.4, 0.5) is 0 Å². The summed E-state index contributed by atoms with van der Waals surface area (Å²) in [6.07, 6.45) is 3.65. The van der Waals surface area contributed by atoms with Crippen molar-refractivity contribution in [1.82, 2.24) is 14.7 Å². The first kappa shape index (κ1) is 12.5. The first-order chi connectivity index (χ1) is 7.96. The summed E-state index contributed by atoms with van der Waals surface area (Å²) in [4.78, 5) is 2.10. The predicted octanol–water partition coefficient (Wildman–Crippen LogP) is -0.850. The maximum atomic E-state index is 11.3. The van der Waals surface area contributed by atoms with E-state index in [-0.39, 0.29) is 17.5 Å². The molecule has 1 aromatic rings. The number of hydrogen-bond donors (Lipinski definition) is 1. The molecule has 0 bridgehead atoms. The molecule has 0 aromatic carbocycles. The topological polar surface area (TPSA) is 81.2 Å². The maximum Gasteiger partial charge on any atom is 0.152 e. The van der Waals surface area contributed by atoms with Crippen LogP contribution in [0.25, 0.3) is 0 Å². The lowest BCUT2D eigenvalue weighted by Gasteiger charge is -2.28. The van der Waals surface area contributed by atoms with E-state index in [2.05, 4.69) is 10.00 Å². The summed E-state index contributed by atoms with van der Waals surface area (Å²) in [6.45, 7) is 1.84. The van der Waals surface area contributed by atoms with Crippen molar-refractivity contribution in [1.29, 1.82) is 0 Å². The van der Waals surface area contributed by atoms with Crippen molar-refractivity contribution < 1.29 is 8.42 Å². The van der Waals surface area contributed by atoms with Gasteiger partial charge >= 0.3 is 0 Å². The Morgan fingerprint density at radius 2 is 2.12 bits per heavy atom. The van der Waals surface area contributed by atoms with Crippen molar-refractivity contribution in [3.63, 3.8) is 0 Å². The van der Waals surface area contributed by atoms with Gasteiger partial charge in [-0.15, -0.1) is 0 Å². The Morgan fingerprint density at radius 1 is 1.47 bits per heavy atom. The van der Waals surface area contributed by atoms with Gasteiger partial charge in [0.1, 0.15) is 0 Å². The van der Waals surface area contributed by atoms with E-state index in [1.165, 1.54) is 0 Å². The van der Waals surface area contributed by atoms with E-state index in [1.54, 1.807) is 10.9 Å². The van der Waals surface area contributed by atoms with Gasteiger partial charge in [0.05, 0.1) is 17.7 Å². The van der Waals surface area contributed by atoms with E-state index < -0.39 is 9.84 Å². The van der Waals surface area contributed by atoms with Crippen molar-refractivity contribution in [3.8, 4) is 0 Å². The van der Waals surface area contributed by atoms with Crippen LogP contribution in [0.3, 0.4) is 0 Å². The molecule has 7 heteroatoms. The van der Waals surface area contributed by atoms with Gasteiger partial charge in [-0.05, 0) is 0 Å². The van der Waals surface area contributed by atoms with E-state index in [9.17, 15) is 8.42 Å². The molecule has 1 unspecified atom stereocenters. The van der Waals surface area contributed by atoms with E-state index in [1.807, 2.05) is 13.2 Å². The molecule has 1 saturated heterocycles. The van der Waals surface area contributed by atoms with Gasteiger partial charge in [0.2, 0.25) is 0 Å². The van der Waals surface area contributed by atoms with Gasteiger partial charge in [-0.25, -0.2) is 8.42 Å². The number of hydrogen-bond acceptors (Lipinski definition) is 5. The number of sulfone groups is 1. The largest absolute Gasteiger partial charge is 0.323 e. The summed E-state index contributed by atoms with van der Waals surface area (Å²) in [5.74, 6) is 0.486. The fourth-order valence-corrected chi connectivity index (χ4v) is 3.22. The van der Waals surface area contributed by atoms with Crippen LogP contribution < -0.4 is 5.73 Å². The minimum absolute atomic E-state index is 0.107. The Hall–Kier alpha value is -0.920. The van der Waals surface area contributed by atoms with Gasteiger partial charge in [-0.2, -0.15) is 5.10 Å². The van der Waals surface area contributed by atoms with Crippen LogP contribution in [0.1, 0.15) is 11.6 Å². The lowest BCUT2D eigenvalue weighted by molar-refractivity contribution is 0.277. The lowest BCUT2D eigenvalue weighted by atomic mass is 10.1. The van der Waals surface area contributed by atoms with Gasteiger partial charge in [-0.1, -0.05) is 0 Å². The Morgan fingerprint density at radius 3 is 2.65 bits per heavy atom. The average Bonchev–Trinajstić information content (AvgIpc) is 2.68. The van der Waals surface area contributed by atoms with Gasteiger partial charge in [0.25, 0.3) is 0 Å². The molecule has 0 spiro atoms. The third-order valence-corrected chi connectivity index (χ3v) is 4.65. The summed E-state index contributed by atoms with van der Waals surface area (Å²) in [6, 6.07) is -0.107. The smallest absolute Gasteiger partial charge is 0.152 e. The van der Waals surface area contributed by atoms with Gasteiger partial charge < -0.3 is 5.73 Å². The molecule has 2 rings (SSSR count). The van der Waals surface area contributed by atoms with E-state index in [0.29, 0.717) is 19.6 Å². The highest BCUT2D eigenvalue weighted by Crippen LogP contribution is 2.12. The molecule has 6 nitrogen and oxygen atoms in total. The standard InChI is InChI=1S/C10H18N4O2S/c1-13-7-9(6-12-13)10(11)8-14-2-4-17(15,16)5-3-14/h6-7,10H,2-5,8,11H2,1H3. The van der Waals surface area contributed by atoms with Crippen LogP contribution in [-0.4, -0.2) is 54.2 Å². The highest BCUT2D eigenvalue weighted by molar-refractivity contribution is 7.91. The Balaban J connectivity index is 1.90.